The van der Waals surface area contributed by atoms with Gasteiger partial charge in [0.25, 0.3) is 5.91 Å². The monoisotopic (exact) mass is 372 g/mol. The molecular weight excluding hydrogens is 356 g/mol. The lowest BCUT2D eigenvalue weighted by atomic mass is 10.1. The maximum absolute atomic E-state index is 12.2. The van der Waals surface area contributed by atoms with E-state index in [1.165, 1.54) is 4.90 Å². The molecule has 26 heavy (non-hydrogen) atoms. The van der Waals surface area contributed by atoms with Gasteiger partial charge in [-0.25, -0.2) is 0 Å². The molecule has 2 amide bonds. The molecule has 6 nitrogen and oxygen atoms in total. The topological polar surface area (TPSA) is 75.7 Å². The Bertz CT molecular complexity index is 808. The highest BCUT2D eigenvalue weighted by molar-refractivity contribution is 6.30. The van der Waals surface area contributed by atoms with Crippen molar-refractivity contribution in [1.82, 2.24) is 0 Å². The van der Waals surface area contributed by atoms with Crippen LogP contribution in [0.3, 0.4) is 0 Å². The summed E-state index contributed by atoms with van der Waals surface area (Å²) in [7, 11) is 0. The maximum atomic E-state index is 12.2. The van der Waals surface area contributed by atoms with Crippen molar-refractivity contribution in [3.63, 3.8) is 0 Å². The molecule has 7 heteroatoms. The minimum Gasteiger partial charge on any atom is -0.455 e. The summed E-state index contributed by atoms with van der Waals surface area (Å²) in [6.07, 6.45) is 0.0573. The van der Waals surface area contributed by atoms with Crippen molar-refractivity contribution in [3.05, 3.63) is 59.6 Å². The summed E-state index contributed by atoms with van der Waals surface area (Å²) in [5, 5.41) is 3.20. The van der Waals surface area contributed by atoms with Crippen molar-refractivity contribution in [2.45, 2.75) is 6.42 Å². The zero-order valence-electron chi connectivity index (χ0n) is 13.9. The Morgan fingerprint density at radius 1 is 1.12 bits per heavy atom. The average Bonchev–Trinajstić information content (AvgIpc) is 3.03. The highest BCUT2D eigenvalue weighted by atomic mass is 35.5. The number of amides is 2. The molecule has 1 aliphatic rings. The number of hydrogen-bond acceptors (Lipinski definition) is 4. The molecule has 2 aromatic rings. The zero-order chi connectivity index (χ0) is 18.5. The van der Waals surface area contributed by atoms with Gasteiger partial charge in [-0.1, -0.05) is 29.8 Å². The Morgan fingerprint density at radius 3 is 2.50 bits per heavy atom. The predicted octanol–water partition coefficient (Wildman–Crippen LogP) is 2.87. The minimum atomic E-state index is -0.595. The van der Waals surface area contributed by atoms with Crippen molar-refractivity contribution < 1.29 is 19.1 Å². The van der Waals surface area contributed by atoms with E-state index in [4.69, 9.17) is 16.3 Å². The van der Waals surface area contributed by atoms with Gasteiger partial charge in [-0.3, -0.25) is 14.4 Å². The van der Waals surface area contributed by atoms with Gasteiger partial charge in [0, 0.05) is 29.4 Å². The summed E-state index contributed by atoms with van der Waals surface area (Å²) in [6.45, 7) is -0.168. The number of benzene rings is 2. The Hall–Kier alpha value is -2.86. The molecule has 1 fully saturated rings. The zero-order valence-corrected chi connectivity index (χ0v) is 14.6. The van der Waals surface area contributed by atoms with Gasteiger partial charge < -0.3 is 15.0 Å². The fourth-order valence-electron chi connectivity index (χ4n) is 2.71. The molecule has 0 unspecified atom stereocenters. The molecule has 0 aliphatic carbocycles. The predicted molar refractivity (Wildman–Crippen MR) is 97.9 cm³/mol. The molecule has 1 aliphatic heterocycles. The smallest absolute Gasteiger partial charge is 0.311 e. The van der Waals surface area contributed by atoms with Gasteiger partial charge in [-0.2, -0.15) is 0 Å². The number of para-hydroxylation sites is 1. The van der Waals surface area contributed by atoms with E-state index in [0.717, 1.165) is 0 Å². The molecule has 134 valence electrons. The van der Waals surface area contributed by atoms with Crippen molar-refractivity contribution in [2.75, 3.05) is 23.4 Å². The molecule has 1 atom stereocenters. The summed E-state index contributed by atoms with van der Waals surface area (Å²) >= 11 is 5.85. The highest BCUT2D eigenvalue weighted by Gasteiger charge is 2.36. The SMILES string of the molecule is O=C(COC(=O)[C@@H]1CC(=O)N(c2ccc(Cl)cc2)C1)Nc1ccccc1. The Kier molecular flexibility index (Phi) is 5.53. The third-order valence-corrected chi connectivity index (χ3v) is 4.25. The van der Waals surface area contributed by atoms with Crippen LogP contribution in [0.15, 0.2) is 54.6 Å². The van der Waals surface area contributed by atoms with Crippen molar-refractivity contribution in [2.24, 2.45) is 5.92 Å². The standard InChI is InChI=1S/C19H17ClN2O4/c20-14-6-8-16(9-7-14)22-11-13(10-18(22)24)19(25)26-12-17(23)21-15-4-2-1-3-5-15/h1-9,13H,10-12H2,(H,21,23)/t13-/m1/s1. The van der Waals surface area contributed by atoms with E-state index < -0.39 is 17.8 Å². The second-order valence-corrected chi connectivity index (χ2v) is 6.34. The number of esters is 1. The molecule has 1 N–H and O–H groups in total. The number of carbonyl (C=O) groups is 3. The van der Waals surface area contributed by atoms with Crippen molar-refractivity contribution >= 4 is 40.8 Å². The van der Waals surface area contributed by atoms with Crippen molar-refractivity contribution in [3.8, 4) is 0 Å². The summed E-state index contributed by atoms with van der Waals surface area (Å²) in [4.78, 5) is 37.7. The average molecular weight is 373 g/mol. The van der Waals surface area contributed by atoms with E-state index in [2.05, 4.69) is 5.32 Å². The van der Waals surface area contributed by atoms with E-state index in [1.54, 1.807) is 48.5 Å². The number of ether oxygens (including phenoxy) is 1. The van der Waals surface area contributed by atoms with Crippen LogP contribution in [-0.4, -0.2) is 30.9 Å². The molecular formula is C19H17ClN2O4. The fraction of sp³-hybridized carbons (Fsp3) is 0.211. The van der Waals surface area contributed by atoms with Gasteiger partial charge in [-0.15, -0.1) is 0 Å². The van der Waals surface area contributed by atoms with Gasteiger partial charge >= 0.3 is 5.97 Å². The molecule has 2 aromatic carbocycles. The van der Waals surface area contributed by atoms with E-state index in [9.17, 15) is 14.4 Å². The third-order valence-electron chi connectivity index (χ3n) is 4.00. The van der Waals surface area contributed by atoms with E-state index in [0.29, 0.717) is 16.4 Å². The first-order valence-electron chi connectivity index (χ1n) is 8.10. The van der Waals surface area contributed by atoms with Crippen LogP contribution in [-0.2, 0) is 19.1 Å². The van der Waals surface area contributed by atoms with Crippen molar-refractivity contribution in [1.29, 1.82) is 0 Å². The van der Waals surface area contributed by atoms with Crippen LogP contribution in [0.25, 0.3) is 0 Å². The molecule has 0 saturated carbocycles. The second kappa shape index (κ2) is 8.01. The highest BCUT2D eigenvalue weighted by Crippen LogP contribution is 2.26. The molecule has 3 rings (SSSR count). The summed E-state index contributed by atoms with van der Waals surface area (Å²) in [5.74, 6) is -1.74. The molecule has 0 radical (unpaired) electrons. The van der Waals surface area contributed by atoms with Crippen LogP contribution in [0.4, 0.5) is 11.4 Å². The third kappa shape index (κ3) is 4.40. The maximum Gasteiger partial charge on any atom is 0.311 e. The lowest BCUT2D eigenvalue weighted by Crippen LogP contribution is -2.28. The van der Waals surface area contributed by atoms with Crippen LogP contribution < -0.4 is 10.2 Å². The van der Waals surface area contributed by atoms with E-state index in [1.807, 2.05) is 6.07 Å². The number of nitrogens with one attached hydrogen (secondary N) is 1. The number of rotatable bonds is 5. The summed E-state index contributed by atoms with van der Waals surface area (Å²) < 4.78 is 5.06. The fourth-order valence-corrected chi connectivity index (χ4v) is 2.84. The van der Waals surface area contributed by atoms with Gasteiger partial charge in [0.2, 0.25) is 5.91 Å². The quantitative estimate of drug-likeness (QED) is 0.819. The Morgan fingerprint density at radius 2 is 1.81 bits per heavy atom. The molecule has 0 bridgehead atoms. The number of carbonyl (C=O) groups excluding carboxylic acids is 3. The van der Waals surface area contributed by atoms with E-state index in [-0.39, 0.29) is 25.5 Å². The second-order valence-electron chi connectivity index (χ2n) is 5.90. The van der Waals surface area contributed by atoms with Crippen LogP contribution >= 0.6 is 11.6 Å². The number of nitrogens with zero attached hydrogens (tertiary/aromatic N) is 1. The van der Waals surface area contributed by atoms with Crippen LogP contribution in [0.1, 0.15) is 6.42 Å². The summed E-state index contributed by atoms with van der Waals surface area (Å²) in [5.41, 5.74) is 1.30. The van der Waals surface area contributed by atoms with Gasteiger partial charge in [0.15, 0.2) is 6.61 Å². The summed E-state index contributed by atoms with van der Waals surface area (Å²) in [6, 6.07) is 15.7. The first-order valence-corrected chi connectivity index (χ1v) is 8.48. The normalized spacial score (nSPS) is 16.4. The first-order chi connectivity index (χ1) is 12.5. The number of halogens is 1. The minimum absolute atomic E-state index is 0.0573. The van der Waals surface area contributed by atoms with Gasteiger partial charge in [-0.05, 0) is 36.4 Å². The van der Waals surface area contributed by atoms with Gasteiger partial charge in [0.1, 0.15) is 0 Å². The Balaban J connectivity index is 1.51. The van der Waals surface area contributed by atoms with Crippen LogP contribution in [0.5, 0.6) is 0 Å². The number of hydrogen-bond donors (Lipinski definition) is 1. The molecule has 0 spiro atoms. The lowest BCUT2D eigenvalue weighted by Gasteiger charge is -2.16. The molecule has 0 aromatic heterocycles. The van der Waals surface area contributed by atoms with Gasteiger partial charge in [0.05, 0.1) is 5.92 Å². The molecule has 1 saturated heterocycles. The van der Waals surface area contributed by atoms with Crippen LogP contribution in [0.2, 0.25) is 5.02 Å². The van der Waals surface area contributed by atoms with E-state index >= 15 is 0 Å². The Labute approximate surface area is 155 Å². The number of anilines is 2. The molecule has 1 heterocycles. The lowest BCUT2D eigenvalue weighted by molar-refractivity contribution is -0.151. The first kappa shape index (κ1) is 17.9. The largest absolute Gasteiger partial charge is 0.455 e. The van der Waals surface area contributed by atoms with Crippen LogP contribution in [0, 0.1) is 5.92 Å².